The molecule has 0 unspecified atom stereocenters. The van der Waals surface area contributed by atoms with Crippen molar-refractivity contribution in [3.8, 4) is 11.1 Å². The molecule has 2 aliphatic carbocycles. The molecule has 0 heteroatoms. The lowest BCUT2D eigenvalue weighted by Crippen LogP contribution is -1.82. The van der Waals surface area contributed by atoms with E-state index in [1.807, 2.05) is 0 Å². The van der Waals surface area contributed by atoms with Gasteiger partial charge < -0.3 is 0 Å². The van der Waals surface area contributed by atoms with E-state index in [1.165, 1.54) is 22.3 Å². The Hall–Kier alpha value is -1.30. The third-order valence-corrected chi connectivity index (χ3v) is 2.65. The van der Waals surface area contributed by atoms with E-state index >= 15 is 0 Å². The second-order valence-electron chi connectivity index (χ2n) is 4.27. The van der Waals surface area contributed by atoms with Crippen molar-refractivity contribution in [3.05, 3.63) is 47.5 Å². The highest BCUT2D eigenvalue weighted by atomic mass is 14.1. The van der Waals surface area contributed by atoms with Gasteiger partial charge in [0.2, 0.25) is 0 Å². The standard InChI is InChI=1S/C14H16/c1-10(2)12-5-4-6-13-7-11(3)8-14(13)9-12/h4-10H,1-3H3. The average Bonchev–Trinajstić information content (AvgIpc) is 2.32. The average molecular weight is 184 g/mol. The molecular weight excluding hydrogens is 168 g/mol. The second kappa shape index (κ2) is 3.45. The van der Waals surface area contributed by atoms with Crippen LogP contribution in [0.25, 0.3) is 11.1 Å². The first kappa shape index (κ1) is 9.26. The molecule has 0 bridgehead atoms. The van der Waals surface area contributed by atoms with Crippen LogP contribution in [0.15, 0.2) is 36.4 Å². The Balaban J connectivity index is 2.60. The van der Waals surface area contributed by atoms with Crippen molar-refractivity contribution in [2.45, 2.75) is 26.7 Å². The van der Waals surface area contributed by atoms with Crippen LogP contribution in [0.4, 0.5) is 0 Å². The van der Waals surface area contributed by atoms with Gasteiger partial charge in [-0.15, -0.1) is 0 Å². The molecule has 0 atom stereocenters. The molecule has 0 amide bonds. The predicted molar refractivity (Wildman–Crippen MR) is 61.9 cm³/mol. The smallest absolute Gasteiger partial charge is 0.0178 e. The number of aryl methyl sites for hydroxylation is 1. The Morgan fingerprint density at radius 3 is 2.36 bits per heavy atom. The molecule has 0 aromatic rings. The monoisotopic (exact) mass is 184 g/mol. The van der Waals surface area contributed by atoms with Gasteiger partial charge >= 0.3 is 0 Å². The molecule has 0 N–H and O–H groups in total. The van der Waals surface area contributed by atoms with Gasteiger partial charge in [-0.3, -0.25) is 0 Å². The Labute approximate surface area is 85.9 Å². The van der Waals surface area contributed by atoms with Crippen molar-refractivity contribution in [2.24, 2.45) is 0 Å². The van der Waals surface area contributed by atoms with E-state index in [9.17, 15) is 0 Å². The van der Waals surface area contributed by atoms with Crippen molar-refractivity contribution >= 4 is 0 Å². The van der Waals surface area contributed by atoms with Crippen LogP contribution >= 0.6 is 0 Å². The van der Waals surface area contributed by atoms with Crippen LogP contribution in [-0.2, 0) is 0 Å². The third-order valence-electron chi connectivity index (χ3n) is 2.65. The summed E-state index contributed by atoms with van der Waals surface area (Å²) in [6.45, 7) is 6.61. The fourth-order valence-corrected chi connectivity index (χ4v) is 1.82. The fraction of sp³-hybridized carbons (Fsp3) is 0.286. The molecule has 0 saturated heterocycles. The first-order valence-corrected chi connectivity index (χ1v) is 5.17. The molecule has 0 spiro atoms. The summed E-state index contributed by atoms with van der Waals surface area (Å²) in [6, 6.07) is 13.3. The minimum atomic E-state index is 0.598. The molecular formula is C14H16. The van der Waals surface area contributed by atoms with Crippen LogP contribution in [-0.4, -0.2) is 0 Å². The summed E-state index contributed by atoms with van der Waals surface area (Å²) in [5.74, 6) is 0.598. The van der Waals surface area contributed by atoms with Gasteiger partial charge in [0.05, 0.1) is 0 Å². The van der Waals surface area contributed by atoms with Crippen LogP contribution in [0.1, 0.15) is 30.9 Å². The van der Waals surface area contributed by atoms with Crippen molar-refractivity contribution < 1.29 is 0 Å². The van der Waals surface area contributed by atoms with Crippen LogP contribution in [0.5, 0.6) is 0 Å². The normalized spacial score (nSPS) is 11.1. The highest BCUT2D eigenvalue weighted by Gasteiger charge is 2.04. The summed E-state index contributed by atoms with van der Waals surface area (Å²) in [7, 11) is 0. The van der Waals surface area contributed by atoms with Crippen LogP contribution in [0.2, 0.25) is 0 Å². The van der Waals surface area contributed by atoms with Gasteiger partial charge in [0, 0.05) is 0 Å². The van der Waals surface area contributed by atoms with Crippen molar-refractivity contribution in [1.82, 2.24) is 0 Å². The molecule has 0 saturated carbocycles. The largest absolute Gasteiger partial charge is 0.0614 e. The SMILES string of the molecule is Cc1cc2cccc(C(C)C)cc-2c1. The van der Waals surface area contributed by atoms with Crippen LogP contribution in [0.3, 0.4) is 0 Å². The molecule has 0 aromatic heterocycles. The van der Waals surface area contributed by atoms with Gasteiger partial charge in [-0.25, -0.2) is 0 Å². The molecule has 0 aromatic carbocycles. The molecule has 0 radical (unpaired) electrons. The summed E-state index contributed by atoms with van der Waals surface area (Å²) in [4.78, 5) is 0. The summed E-state index contributed by atoms with van der Waals surface area (Å²) >= 11 is 0. The van der Waals surface area contributed by atoms with Gasteiger partial charge in [-0.05, 0) is 35.1 Å². The summed E-state index contributed by atoms with van der Waals surface area (Å²) in [5.41, 5.74) is 5.46. The van der Waals surface area contributed by atoms with E-state index in [-0.39, 0.29) is 0 Å². The zero-order valence-electron chi connectivity index (χ0n) is 9.04. The summed E-state index contributed by atoms with van der Waals surface area (Å²) in [6.07, 6.45) is 0. The topological polar surface area (TPSA) is 0 Å². The summed E-state index contributed by atoms with van der Waals surface area (Å²) < 4.78 is 0. The van der Waals surface area contributed by atoms with Crippen molar-refractivity contribution in [3.63, 3.8) is 0 Å². The Morgan fingerprint density at radius 2 is 1.64 bits per heavy atom. The van der Waals surface area contributed by atoms with Crippen LogP contribution in [0, 0.1) is 6.92 Å². The molecule has 0 aliphatic heterocycles. The minimum Gasteiger partial charge on any atom is -0.0614 e. The lowest BCUT2D eigenvalue weighted by molar-refractivity contribution is 0.869. The van der Waals surface area contributed by atoms with E-state index < -0.39 is 0 Å². The number of fused-ring (bicyclic) bond motifs is 1. The maximum atomic E-state index is 2.30. The third kappa shape index (κ3) is 1.65. The van der Waals surface area contributed by atoms with Gasteiger partial charge in [0.25, 0.3) is 0 Å². The van der Waals surface area contributed by atoms with E-state index in [1.54, 1.807) is 0 Å². The molecule has 0 fully saturated rings. The number of hydrogen-bond donors (Lipinski definition) is 0. The predicted octanol–water partition coefficient (Wildman–Crippen LogP) is 4.22. The van der Waals surface area contributed by atoms with Crippen LogP contribution < -0.4 is 0 Å². The Morgan fingerprint density at radius 1 is 0.929 bits per heavy atom. The van der Waals surface area contributed by atoms with Gasteiger partial charge in [-0.1, -0.05) is 50.2 Å². The van der Waals surface area contributed by atoms with E-state index in [2.05, 4.69) is 57.2 Å². The molecule has 14 heavy (non-hydrogen) atoms. The van der Waals surface area contributed by atoms with E-state index in [0.29, 0.717) is 5.92 Å². The van der Waals surface area contributed by atoms with E-state index in [0.717, 1.165) is 0 Å². The van der Waals surface area contributed by atoms with Gasteiger partial charge in [0.1, 0.15) is 0 Å². The van der Waals surface area contributed by atoms with Gasteiger partial charge in [-0.2, -0.15) is 0 Å². The summed E-state index contributed by atoms with van der Waals surface area (Å²) in [5, 5.41) is 0. The minimum absolute atomic E-state index is 0.598. The maximum Gasteiger partial charge on any atom is -0.0178 e. The lowest BCUT2D eigenvalue weighted by atomic mass is 10.0. The fourth-order valence-electron chi connectivity index (χ4n) is 1.82. The number of hydrogen-bond acceptors (Lipinski definition) is 0. The van der Waals surface area contributed by atoms with Crippen molar-refractivity contribution in [1.29, 1.82) is 0 Å². The molecule has 2 rings (SSSR count). The zero-order valence-corrected chi connectivity index (χ0v) is 9.04. The molecule has 2 aliphatic rings. The Bertz CT molecular complexity index is 413. The quantitative estimate of drug-likeness (QED) is 0.622. The number of rotatable bonds is 1. The molecule has 0 nitrogen and oxygen atoms in total. The zero-order chi connectivity index (χ0) is 10.1. The lowest BCUT2D eigenvalue weighted by Gasteiger charge is -2.01. The first-order valence-electron chi connectivity index (χ1n) is 5.17. The van der Waals surface area contributed by atoms with E-state index in [4.69, 9.17) is 0 Å². The van der Waals surface area contributed by atoms with Gasteiger partial charge in [0.15, 0.2) is 0 Å². The highest BCUT2D eigenvalue weighted by Crippen LogP contribution is 2.27. The second-order valence-corrected chi connectivity index (χ2v) is 4.27. The molecule has 72 valence electrons. The molecule has 0 heterocycles. The van der Waals surface area contributed by atoms with Crippen molar-refractivity contribution in [2.75, 3.05) is 0 Å². The first-order chi connectivity index (χ1) is 6.66. The Kier molecular flexibility index (Phi) is 2.28. The highest BCUT2D eigenvalue weighted by molar-refractivity contribution is 5.68. The maximum absolute atomic E-state index is 2.30.